The molecule has 1 aromatic heterocycles. The Kier molecular flexibility index (Phi) is 3.79. The SMILES string of the molecule is Cc1nc(CCNc2cc3c(cc2N)CCC(=O)N3)cs1. The first-order valence-electron chi connectivity index (χ1n) is 6.99. The number of thiazole rings is 1. The molecule has 110 valence electrons. The molecular formula is C15H18N4OS. The maximum atomic E-state index is 11.5. The molecule has 0 fully saturated rings. The second-order valence-corrected chi connectivity index (χ2v) is 6.24. The second kappa shape index (κ2) is 5.73. The Morgan fingerprint density at radius 3 is 3.05 bits per heavy atom. The zero-order valence-corrected chi connectivity index (χ0v) is 12.7. The number of nitrogens with zero attached hydrogens (tertiary/aromatic N) is 1. The summed E-state index contributed by atoms with van der Waals surface area (Å²) in [6, 6.07) is 3.87. The van der Waals surface area contributed by atoms with E-state index in [2.05, 4.69) is 21.0 Å². The summed E-state index contributed by atoms with van der Waals surface area (Å²) in [5.74, 6) is 0.0659. The van der Waals surface area contributed by atoms with E-state index in [1.165, 1.54) is 0 Å². The highest BCUT2D eigenvalue weighted by Crippen LogP contribution is 2.31. The van der Waals surface area contributed by atoms with Gasteiger partial charge in [-0.15, -0.1) is 11.3 Å². The van der Waals surface area contributed by atoms with Gasteiger partial charge in [-0.25, -0.2) is 4.98 Å². The highest BCUT2D eigenvalue weighted by Gasteiger charge is 2.16. The average molecular weight is 302 g/mol. The van der Waals surface area contributed by atoms with Crippen molar-refractivity contribution in [2.24, 2.45) is 0 Å². The Bertz CT molecular complexity index is 680. The van der Waals surface area contributed by atoms with Gasteiger partial charge in [0.2, 0.25) is 5.91 Å². The molecule has 21 heavy (non-hydrogen) atoms. The quantitative estimate of drug-likeness (QED) is 0.758. The van der Waals surface area contributed by atoms with Crippen LogP contribution in [0.15, 0.2) is 17.5 Å². The van der Waals surface area contributed by atoms with E-state index < -0.39 is 0 Å². The lowest BCUT2D eigenvalue weighted by molar-refractivity contribution is -0.116. The fourth-order valence-corrected chi connectivity index (χ4v) is 3.10. The average Bonchev–Trinajstić information content (AvgIpc) is 2.85. The number of nitrogen functional groups attached to an aromatic ring is 1. The minimum atomic E-state index is 0.0659. The normalized spacial score (nSPS) is 13.7. The number of nitrogens with two attached hydrogens (primary N) is 1. The van der Waals surface area contributed by atoms with Crippen LogP contribution in [-0.2, 0) is 17.6 Å². The van der Waals surface area contributed by atoms with Crippen molar-refractivity contribution in [3.8, 4) is 0 Å². The van der Waals surface area contributed by atoms with Crippen molar-refractivity contribution >= 4 is 34.3 Å². The third-order valence-electron chi connectivity index (χ3n) is 3.53. The van der Waals surface area contributed by atoms with Crippen LogP contribution in [0.1, 0.15) is 22.7 Å². The summed E-state index contributed by atoms with van der Waals surface area (Å²) >= 11 is 1.66. The number of aryl methyl sites for hydroxylation is 2. The van der Waals surface area contributed by atoms with E-state index in [1.54, 1.807) is 11.3 Å². The van der Waals surface area contributed by atoms with E-state index in [0.717, 1.165) is 52.7 Å². The van der Waals surface area contributed by atoms with Gasteiger partial charge in [-0.3, -0.25) is 4.79 Å². The van der Waals surface area contributed by atoms with Crippen molar-refractivity contribution in [3.63, 3.8) is 0 Å². The predicted octanol–water partition coefficient (Wildman–Crippen LogP) is 2.57. The predicted molar refractivity (Wildman–Crippen MR) is 86.8 cm³/mol. The summed E-state index contributed by atoms with van der Waals surface area (Å²) in [5, 5.41) is 9.38. The maximum absolute atomic E-state index is 11.5. The molecule has 6 heteroatoms. The zero-order chi connectivity index (χ0) is 14.8. The highest BCUT2D eigenvalue weighted by molar-refractivity contribution is 7.09. The Morgan fingerprint density at radius 2 is 2.29 bits per heavy atom. The van der Waals surface area contributed by atoms with Gasteiger partial charge >= 0.3 is 0 Å². The number of benzene rings is 1. The van der Waals surface area contributed by atoms with Crippen molar-refractivity contribution in [2.75, 3.05) is 22.9 Å². The summed E-state index contributed by atoms with van der Waals surface area (Å²) in [6.07, 6.45) is 2.14. The Hall–Kier alpha value is -2.08. The molecule has 0 saturated heterocycles. The molecule has 1 aliphatic heterocycles. The molecule has 2 aromatic rings. The fraction of sp³-hybridized carbons (Fsp3) is 0.333. The topological polar surface area (TPSA) is 80.0 Å². The van der Waals surface area contributed by atoms with Gasteiger partial charge in [0.05, 0.1) is 22.1 Å². The van der Waals surface area contributed by atoms with Crippen LogP contribution in [0.3, 0.4) is 0 Å². The molecule has 5 nitrogen and oxygen atoms in total. The van der Waals surface area contributed by atoms with E-state index in [9.17, 15) is 4.79 Å². The lowest BCUT2D eigenvalue weighted by Gasteiger charge is -2.19. The summed E-state index contributed by atoms with van der Waals surface area (Å²) < 4.78 is 0. The van der Waals surface area contributed by atoms with Gasteiger partial charge < -0.3 is 16.4 Å². The number of fused-ring (bicyclic) bond motifs is 1. The molecule has 0 atom stereocenters. The van der Waals surface area contributed by atoms with Gasteiger partial charge in [0, 0.05) is 30.5 Å². The second-order valence-electron chi connectivity index (χ2n) is 5.18. The monoisotopic (exact) mass is 302 g/mol. The minimum absolute atomic E-state index is 0.0659. The number of hydrogen-bond donors (Lipinski definition) is 3. The van der Waals surface area contributed by atoms with E-state index >= 15 is 0 Å². The van der Waals surface area contributed by atoms with Crippen molar-refractivity contribution in [2.45, 2.75) is 26.2 Å². The van der Waals surface area contributed by atoms with Gasteiger partial charge in [-0.05, 0) is 31.0 Å². The molecule has 1 aliphatic rings. The van der Waals surface area contributed by atoms with Gasteiger partial charge in [-0.1, -0.05) is 0 Å². The van der Waals surface area contributed by atoms with Crippen LogP contribution in [0.25, 0.3) is 0 Å². The molecule has 0 spiro atoms. The zero-order valence-electron chi connectivity index (χ0n) is 11.9. The third-order valence-corrected chi connectivity index (χ3v) is 4.36. The van der Waals surface area contributed by atoms with Crippen LogP contribution in [0.2, 0.25) is 0 Å². The minimum Gasteiger partial charge on any atom is -0.397 e. The molecule has 0 radical (unpaired) electrons. The molecule has 0 aliphatic carbocycles. The molecule has 2 heterocycles. The molecule has 1 aromatic carbocycles. The summed E-state index contributed by atoms with van der Waals surface area (Å²) in [6.45, 7) is 2.77. The molecule has 0 saturated carbocycles. The van der Waals surface area contributed by atoms with Gasteiger partial charge in [0.1, 0.15) is 0 Å². The third kappa shape index (κ3) is 3.16. The standard InChI is InChI=1S/C15H18N4OS/c1-9-18-11(8-21-9)4-5-17-14-7-13-10(6-12(14)16)2-3-15(20)19-13/h6-8,17H,2-5,16H2,1H3,(H,19,20). The first-order chi connectivity index (χ1) is 10.1. The molecule has 0 unspecified atom stereocenters. The molecule has 0 bridgehead atoms. The number of nitrogens with one attached hydrogen (secondary N) is 2. The number of carbonyl (C=O) groups is 1. The Balaban J connectivity index is 1.67. The van der Waals surface area contributed by atoms with Crippen molar-refractivity contribution in [1.82, 2.24) is 4.98 Å². The van der Waals surface area contributed by atoms with E-state index in [0.29, 0.717) is 6.42 Å². The van der Waals surface area contributed by atoms with Crippen LogP contribution >= 0.6 is 11.3 Å². The van der Waals surface area contributed by atoms with E-state index in [-0.39, 0.29) is 5.91 Å². The summed E-state index contributed by atoms with van der Waals surface area (Å²) in [5.41, 5.74) is 10.7. The van der Waals surface area contributed by atoms with E-state index in [4.69, 9.17) is 5.73 Å². The van der Waals surface area contributed by atoms with Gasteiger partial charge in [-0.2, -0.15) is 0 Å². The Labute approximate surface area is 127 Å². The Morgan fingerprint density at radius 1 is 1.43 bits per heavy atom. The summed E-state index contributed by atoms with van der Waals surface area (Å²) in [4.78, 5) is 15.9. The molecular weight excluding hydrogens is 284 g/mol. The van der Waals surface area contributed by atoms with Crippen LogP contribution in [0.4, 0.5) is 17.1 Å². The number of rotatable bonds is 4. The van der Waals surface area contributed by atoms with Gasteiger partial charge in [0.25, 0.3) is 0 Å². The van der Waals surface area contributed by atoms with E-state index in [1.807, 2.05) is 19.1 Å². The largest absolute Gasteiger partial charge is 0.397 e. The number of anilines is 3. The first-order valence-corrected chi connectivity index (χ1v) is 7.87. The van der Waals surface area contributed by atoms with Gasteiger partial charge in [0.15, 0.2) is 0 Å². The molecule has 4 N–H and O–H groups in total. The lowest BCUT2D eigenvalue weighted by atomic mass is 10.0. The first kappa shape index (κ1) is 13.9. The van der Waals surface area contributed by atoms with Crippen molar-refractivity contribution in [1.29, 1.82) is 0 Å². The van der Waals surface area contributed by atoms with Crippen LogP contribution < -0.4 is 16.4 Å². The molecule has 1 amide bonds. The number of amides is 1. The van der Waals surface area contributed by atoms with Crippen molar-refractivity contribution in [3.05, 3.63) is 33.8 Å². The maximum Gasteiger partial charge on any atom is 0.224 e. The van der Waals surface area contributed by atoms with Crippen LogP contribution in [0.5, 0.6) is 0 Å². The lowest BCUT2D eigenvalue weighted by Crippen LogP contribution is -2.19. The fourth-order valence-electron chi connectivity index (χ4n) is 2.45. The molecule has 3 rings (SSSR count). The highest BCUT2D eigenvalue weighted by atomic mass is 32.1. The van der Waals surface area contributed by atoms with Crippen molar-refractivity contribution < 1.29 is 4.79 Å². The van der Waals surface area contributed by atoms with Crippen LogP contribution in [-0.4, -0.2) is 17.4 Å². The smallest absolute Gasteiger partial charge is 0.224 e. The summed E-state index contributed by atoms with van der Waals surface area (Å²) in [7, 11) is 0. The van der Waals surface area contributed by atoms with Crippen LogP contribution in [0, 0.1) is 6.92 Å². The number of carbonyl (C=O) groups excluding carboxylic acids is 1. The number of hydrogen-bond acceptors (Lipinski definition) is 5. The number of aromatic nitrogens is 1.